The molecule has 0 radical (unpaired) electrons. The van der Waals surface area contributed by atoms with Crippen molar-refractivity contribution in [2.24, 2.45) is 0 Å². The molecule has 2 heteroatoms. The van der Waals surface area contributed by atoms with Crippen molar-refractivity contribution in [3.05, 3.63) is 106 Å². The van der Waals surface area contributed by atoms with Gasteiger partial charge < -0.3 is 10.2 Å². The van der Waals surface area contributed by atoms with Crippen LogP contribution in [0, 0.1) is 13.8 Å². The fourth-order valence-corrected chi connectivity index (χ4v) is 7.82. The average molecular weight is 489 g/mol. The molecule has 0 unspecified atom stereocenters. The van der Waals surface area contributed by atoms with Crippen molar-refractivity contribution in [3.63, 3.8) is 0 Å². The molecule has 0 saturated heterocycles. The van der Waals surface area contributed by atoms with E-state index >= 15 is 0 Å². The van der Waals surface area contributed by atoms with E-state index in [1.807, 2.05) is 36.4 Å². The van der Waals surface area contributed by atoms with Gasteiger partial charge in [0.1, 0.15) is 11.5 Å². The quantitative estimate of drug-likeness (QED) is 0.296. The molecule has 2 aliphatic rings. The first kappa shape index (κ1) is 23.9. The van der Waals surface area contributed by atoms with Gasteiger partial charge in [-0.05, 0) is 70.9 Å². The van der Waals surface area contributed by atoms with E-state index in [2.05, 4.69) is 77.9 Å². The van der Waals surface area contributed by atoms with E-state index < -0.39 is 5.41 Å². The molecule has 0 heterocycles. The molecule has 2 nitrogen and oxygen atoms in total. The number of rotatable bonds is 2. The zero-order valence-corrected chi connectivity index (χ0v) is 22.7. The minimum Gasteiger partial charge on any atom is -0.507 e. The summed E-state index contributed by atoms with van der Waals surface area (Å²) in [6.07, 6.45) is 1.70. The van der Waals surface area contributed by atoms with Crippen LogP contribution in [0.4, 0.5) is 0 Å². The van der Waals surface area contributed by atoms with E-state index in [1.165, 1.54) is 11.1 Å². The van der Waals surface area contributed by atoms with Crippen LogP contribution in [0.2, 0.25) is 0 Å². The van der Waals surface area contributed by atoms with Gasteiger partial charge in [0.25, 0.3) is 0 Å². The Morgan fingerprint density at radius 2 is 0.919 bits per heavy atom. The van der Waals surface area contributed by atoms with Gasteiger partial charge in [-0.2, -0.15) is 0 Å². The molecule has 1 spiro atoms. The molecule has 0 aliphatic heterocycles. The smallest absolute Gasteiger partial charge is 0.128 e. The Balaban J connectivity index is 1.72. The van der Waals surface area contributed by atoms with Crippen LogP contribution in [-0.4, -0.2) is 10.2 Å². The molecule has 37 heavy (non-hydrogen) atoms. The minimum atomic E-state index is -0.472. The summed E-state index contributed by atoms with van der Waals surface area (Å²) in [5.41, 5.74) is 9.68. The summed E-state index contributed by atoms with van der Waals surface area (Å²) in [4.78, 5) is 0. The van der Waals surface area contributed by atoms with Gasteiger partial charge in [-0.3, -0.25) is 0 Å². The van der Waals surface area contributed by atoms with Crippen LogP contribution >= 0.6 is 0 Å². The second-order valence-corrected chi connectivity index (χ2v) is 12.6. The summed E-state index contributed by atoms with van der Waals surface area (Å²) < 4.78 is 0. The lowest BCUT2D eigenvalue weighted by Gasteiger charge is -2.32. The molecule has 0 aromatic heterocycles. The van der Waals surface area contributed by atoms with Gasteiger partial charge in [0.05, 0.1) is 0 Å². The van der Waals surface area contributed by atoms with Crippen LogP contribution in [-0.2, 0) is 16.2 Å². The highest BCUT2D eigenvalue weighted by Gasteiger charge is 2.59. The first-order chi connectivity index (χ1) is 17.5. The van der Waals surface area contributed by atoms with Crippen LogP contribution < -0.4 is 0 Å². The maximum Gasteiger partial charge on any atom is 0.128 e. The van der Waals surface area contributed by atoms with E-state index in [4.69, 9.17) is 0 Å². The molecule has 6 rings (SSSR count). The van der Waals surface area contributed by atoms with E-state index in [0.717, 1.165) is 57.3 Å². The van der Waals surface area contributed by atoms with Crippen molar-refractivity contribution < 1.29 is 10.2 Å². The molecule has 0 bridgehead atoms. The van der Waals surface area contributed by atoms with Crippen molar-refractivity contribution in [1.29, 1.82) is 0 Å². The Bertz CT molecular complexity index is 1420. The molecular formula is C35H36O2. The third-order valence-electron chi connectivity index (χ3n) is 9.02. The maximum atomic E-state index is 12.1. The first-order valence-corrected chi connectivity index (χ1v) is 13.3. The lowest BCUT2D eigenvalue weighted by Crippen LogP contribution is -2.27. The zero-order valence-electron chi connectivity index (χ0n) is 22.7. The third kappa shape index (κ3) is 3.24. The Labute approximate surface area is 220 Å². The minimum absolute atomic E-state index is 0.144. The third-order valence-corrected chi connectivity index (χ3v) is 9.02. The highest BCUT2D eigenvalue weighted by Crippen LogP contribution is 2.68. The maximum absolute atomic E-state index is 12.1. The lowest BCUT2D eigenvalue weighted by atomic mass is 9.71. The summed E-state index contributed by atoms with van der Waals surface area (Å²) in [5.74, 6) is 0.744. The summed E-state index contributed by atoms with van der Waals surface area (Å²) in [6, 6.07) is 25.0. The zero-order chi connectivity index (χ0) is 26.3. The highest BCUT2D eigenvalue weighted by molar-refractivity contribution is 5.83. The van der Waals surface area contributed by atoms with Crippen molar-refractivity contribution in [3.8, 4) is 33.8 Å². The molecule has 4 aromatic rings. The van der Waals surface area contributed by atoms with Gasteiger partial charge in [-0.15, -0.1) is 0 Å². The van der Waals surface area contributed by atoms with Gasteiger partial charge in [0.2, 0.25) is 0 Å². The van der Waals surface area contributed by atoms with Gasteiger partial charge >= 0.3 is 0 Å². The molecule has 0 atom stereocenters. The van der Waals surface area contributed by atoms with Crippen LogP contribution in [0.1, 0.15) is 73.9 Å². The number of hydrogen-bond donors (Lipinski definition) is 2. The number of fused-ring (bicyclic) bond motifs is 4. The summed E-state index contributed by atoms with van der Waals surface area (Å²) in [5, 5.41) is 24.3. The Morgan fingerprint density at radius 3 is 1.27 bits per heavy atom. The number of phenolic OH excluding ortho intramolecular Hbond substituents is 2. The molecular weight excluding hydrogens is 452 g/mol. The Morgan fingerprint density at radius 1 is 0.568 bits per heavy atom. The van der Waals surface area contributed by atoms with Crippen molar-refractivity contribution >= 4 is 0 Å². The van der Waals surface area contributed by atoms with Crippen molar-refractivity contribution in [1.82, 2.24) is 0 Å². The second kappa shape index (κ2) is 7.74. The van der Waals surface area contributed by atoms with E-state index in [0.29, 0.717) is 11.5 Å². The van der Waals surface area contributed by atoms with Gasteiger partial charge in [-0.25, -0.2) is 0 Å². The van der Waals surface area contributed by atoms with Crippen molar-refractivity contribution in [2.45, 2.75) is 70.6 Å². The fourth-order valence-electron chi connectivity index (χ4n) is 7.82. The van der Waals surface area contributed by atoms with Crippen molar-refractivity contribution in [2.75, 3.05) is 0 Å². The topological polar surface area (TPSA) is 40.5 Å². The number of aryl methyl sites for hydroxylation is 2. The first-order valence-electron chi connectivity index (χ1n) is 13.3. The molecule has 2 N–H and O–H groups in total. The van der Waals surface area contributed by atoms with Crippen LogP contribution in [0.15, 0.2) is 72.8 Å². The number of aromatic hydroxyl groups is 2. The molecule has 0 fully saturated rings. The predicted molar refractivity (Wildman–Crippen MR) is 153 cm³/mol. The molecule has 2 aliphatic carbocycles. The van der Waals surface area contributed by atoms with Crippen LogP contribution in [0.5, 0.6) is 11.5 Å². The lowest BCUT2D eigenvalue weighted by molar-refractivity contribution is 0.336. The number of phenols is 2. The standard InChI is InChI=1S/C35H36O2/c1-21-17-25-29(31(36)27(21)23-13-9-7-10-14-23)35(19-33(25,3)4)20-34(5,6)26-18-22(2)28(32(37)30(26)35)24-15-11-8-12-16-24/h7-18,36-37H,19-20H2,1-6H3. The summed E-state index contributed by atoms with van der Waals surface area (Å²) >= 11 is 0. The summed E-state index contributed by atoms with van der Waals surface area (Å²) in [6.45, 7) is 13.4. The largest absolute Gasteiger partial charge is 0.507 e. The van der Waals surface area contributed by atoms with Crippen LogP contribution in [0.3, 0.4) is 0 Å². The van der Waals surface area contributed by atoms with E-state index in [9.17, 15) is 10.2 Å². The molecule has 4 aromatic carbocycles. The van der Waals surface area contributed by atoms with Crippen LogP contribution in [0.25, 0.3) is 22.3 Å². The highest BCUT2D eigenvalue weighted by atomic mass is 16.3. The molecule has 0 saturated carbocycles. The monoisotopic (exact) mass is 488 g/mol. The molecule has 188 valence electrons. The SMILES string of the molecule is Cc1cc2c(c(O)c1-c1ccccc1)C1(CC2(C)C)CC(C)(C)c2cc(C)c(-c3ccccc3)c(O)c21. The number of benzene rings is 4. The average Bonchev–Trinajstić information content (AvgIpc) is 3.19. The van der Waals surface area contributed by atoms with E-state index in [1.54, 1.807) is 0 Å². The van der Waals surface area contributed by atoms with Gasteiger partial charge in [0, 0.05) is 27.7 Å². The molecule has 0 amide bonds. The number of hydrogen-bond acceptors (Lipinski definition) is 2. The second-order valence-electron chi connectivity index (χ2n) is 12.6. The normalized spacial score (nSPS) is 18.1. The van der Waals surface area contributed by atoms with Gasteiger partial charge in [0.15, 0.2) is 0 Å². The van der Waals surface area contributed by atoms with E-state index in [-0.39, 0.29) is 10.8 Å². The Kier molecular flexibility index (Phi) is 4.99. The Hall–Kier alpha value is -3.52. The fraction of sp³-hybridized carbons (Fsp3) is 0.314. The predicted octanol–water partition coefficient (Wildman–Crippen LogP) is 8.70. The summed E-state index contributed by atoms with van der Waals surface area (Å²) in [7, 11) is 0. The van der Waals surface area contributed by atoms with Gasteiger partial charge in [-0.1, -0.05) is 100 Å².